The zero-order valence-corrected chi connectivity index (χ0v) is 30.5. The fraction of sp³-hybridized carbons (Fsp3) is 0.415. The number of nitrogens with zero attached hydrogens (tertiary/aromatic N) is 2. The van der Waals surface area contributed by atoms with E-state index in [-0.39, 0.29) is 47.5 Å². The van der Waals surface area contributed by atoms with Crippen LogP contribution in [0, 0.1) is 21.3 Å². The fourth-order valence-corrected chi connectivity index (χ4v) is 9.27. The van der Waals surface area contributed by atoms with Crippen LogP contribution in [0.5, 0.6) is 11.5 Å². The second-order valence-corrected chi connectivity index (χ2v) is 15.0. The highest BCUT2D eigenvalue weighted by Crippen LogP contribution is 2.51. The smallest absolute Gasteiger partial charge is 0.234 e. The number of phenols is 1. The number of hydrogen-bond donors (Lipinski definition) is 1. The molecule has 0 aromatic heterocycles. The Morgan fingerprint density at radius 3 is 2.41 bits per heavy atom. The average Bonchev–Trinajstić information content (AvgIpc) is 3.66. The van der Waals surface area contributed by atoms with Crippen molar-refractivity contribution in [2.75, 3.05) is 26.8 Å². The number of rotatable bonds is 10. The highest BCUT2D eigenvalue weighted by atomic mass is 127. The molecule has 8 heteroatoms. The molecule has 3 aromatic rings. The number of piperidine rings is 1. The number of methoxy groups -OCH3 is 1. The molecule has 0 spiro atoms. The highest BCUT2D eigenvalue weighted by Gasteiger charge is 2.58. The maximum atomic E-state index is 14.2. The van der Waals surface area contributed by atoms with Crippen LogP contribution < -0.4 is 4.74 Å². The zero-order chi connectivity index (χ0) is 34.1. The first-order valence-corrected chi connectivity index (χ1v) is 18.7. The molecule has 3 heterocycles. The van der Waals surface area contributed by atoms with Crippen molar-refractivity contribution in [1.82, 2.24) is 9.80 Å². The molecule has 4 aliphatic rings. The molecule has 2 amide bonds. The molecule has 3 saturated heterocycles. The lowest BCUT2D eigenvalue weighted by atomic mass is 9.69. The molecule has 7 nitrogen and oxygen atoms in total. The van der Waals surface area contributed by atoms with Crippen molar-refractivity contribution in [2.24, 2.45) is 17.8 Å². The van der Waals surface area contributed by atoms with Gasteiger partial charge in [0.25, 0.3) is 0 Å². The maximum Gasteiger partial charge on any atom is 0.234 e. The number of carbonyl (C=O) groups is 2. The van der Waals surface area contributed by atoms with Gasteiger partial charge in [0.15, 0.2) is 11.5 Å². The molecule has 0 unspecified atom stereocenters. The maximum absolute atomic E-state index is 14.2. The third-order valence-electron chi connectivity index (χ3n) is 11.1. The van der Waals surface area contributed by atoms with Gasteiger partial charge in [-0.25, -0.2) is 0 Å². The number of allylic oxidation sites excluding steroid dienone is 2. The van der Waals surface area contributed by atoms with Gasteiger partial charge in [0.05, 0.1) is 35.2 Å². The van der Waals surface area contributed by atoms with Crippen molar-refractivity contribution in [3.05, 3.63) is 104 Å². The van der Waals surface area contributed by atoms with E-state index in [1.54, 1.807) is 12.0 Å². The number of phenolic OH excluding ortho intramolecular Hbond substituents is 1. The van der Waals surface area contributed by atoms with E-state index >= 15 is 0 Å². The molecule has 0 bridgehead atoms. The number of hydrogen-bond acceptors (Lipinski definition) is 6. The average molecular weight is 773 g/mol. The van der Waals surface area contributed by atoms with Gasteiger partial charge in [-0.1, -0.05) is 79.2 Å². The normalized spacial score (nSPS) is 24.8. The van der Waals surface area contributed by atoms with Crippen molar-refractivity contribution < 1.29 is 24.2 Å². The van der Waals surface area contributed by atoms with Crippen LogP contribution in [0.4, 0.5) is 0 Å². The molecule has 3 fully saturated rings. The summed E-state index contributed by atoms with van der Waals surface area (Å²) >= 11 is 2.13. The van der Waals surface area contributed by atoms with Crippen molar-refractivity contribution in [1.29, 1.82) is 0 Å². The van der Waals surface area contributed by atoms with Gasteiger partial charge in [0, 0.05) is 31.6 Å². The summed E-state index contributed by atoms with van der Waals surface area (Å²) in [5.74, 6) is 0.0365. The van der Waals surface area contributed by atoms with Crippen LogP contribution in [0.2, 0.25) is 0 Å². The van der Waals surface area contributed by atoms with Crippen LogP contribution in [0.3, 0.4) is 0 Å². The molecule has 3 aromatic carbocycles. The van der Waals surface area contributed by atoms with Crippen LogP contribution in [0.15, 0.2) is 83.9 Å². The van der Waals surface area contributed by atoms with Gasteiger partial charge in [-0.05, 0) is 101 Å². The first-order valence-electron chi connectivity index (χ1n) is 17.6. The van der Waals surface area contributed by atoms with Gasteiger partial charge in [-0.3, -0.25) is 19.4 Å². The Morgan fingerprint density at radius 2 is 1.71 bits per heavy atom. The number of fused-ring (bicyclic) bond motifs is 3. The Bertz CT molecular complexity index is 1750. The van der Waals surface area contributed by atoms with Crippen LogP contribution >= 0.6 is 22.6 Å². The van der Waals surface area contributed by atoms with Crippen molar-refractivity contribution in [2.45, 2.75) is 64.1 Å². The molecule has 1 aliphatic carbocycles. The third-order valence-corrected chi connectivity index (χ3v) is 11.9. The largest absolute Gasteiger partial charge is 0.504 e. The molecular formula is C41H45IN2O5. The van der Waals surface area contributed by atoms with E-state index in [1.165, 1.54) is 22.3 Å². The predicted octanol–water partition coefficient (Wildman–Crippen LogP) is 7.72. The topological polar surface area (TPSA) is 79.3 Å². The Balaban J connectivity index is 1.07. The second-order valence-electron chi connectivity index (χ2n) is 13.8. The van der Waals surface area contributed by atoms with Crippen LogP contribution in [0.25, 0.3) is 11.6 Å². The molecule has 49 heavy (non-hydrogen) atoms. The first kappa shape index (κ1) is 34.0. The van der Waals surface area contributed by atoms with Crippen LogP contribution in [-0.2, 0) is 20.9 Å². The monoisotopic (exact) mass is 772 g/mol. The van der Waals surface area contributed by atoms with E-state index in [4.69, 9.17) is 9.47 Å². The predicted molar refractivity (Wildman–Crippen MR) is 200 cm³/mol. The number of amides is 2. The summed E-state index contributed by atoms with van der Waals surface area (Å²) in [6.07, 6.45) is 6.82. The van der Waals surface area contributed by atoms with Gasteiger partial charge in [0.1, 0.15) is 0 Å². The SMILES string of the molecule is CCC1=C2[C@@H](CC/C(=C/c3cc(I)c(O)c(OC)c3)c3ccccc3)OC[C@@H]2[C@@H]2C(=O)N(C3CCN(Cc4ccccc4)CC3)C(=O)[C@@H]2C1. The summed E-state index contributed by atoms with van der Waals surface area (Å²) < 4.78 is 12.7. The fourth-order valence-electron chi connectivity index (χ4n) is 8.65. The minimum atomic E-state index is -0.319. The van der Waals surface area contributed by atoms with Crippen molar-refractivity contribution in [3.63, 3.8) is 0 Å². The van der Waals surface area contributed by atoms with Gasteiger partial charge < -0.3 is 14.6 Å². The number of benzene rings is 3. The summed E-state index contributed by atoms with van der Waals surface area (Å²) in [6.45, 7) is 5.34. The number of halogens is 1. The lowest BCUT2D eigenvalue weighted by molar-refractivity contribution is -0.144. The number of carbonyl (C=O) groups excluding carboxylic acids is 2. The van der Waals surface area contributed by atoms with Gasteiger partial charge in [-0.15, -0.1) is 0 Å². The molecule has 256 valence electrons. The van der Waals surface area contributed by atoms with E-state index in [2.05, 4.69) is 76.9 Å². The summed E-state index contributed by atoms with van der Waals surface area (Å²) in [5, 5.41) is 10.4. The van der Waals surface area contributed by atoms with Crippen LogP contribution in [0.1, 0.15) is 62.1 Å². The van der Waals surface area contributed by atoms with Crippen molar-refractivity contribution >= 4 is 46.1 Å². The minimum absolute atomic E-state index is 0.0237. The lowest BCUT2D eigenvalue weighted by Crippen LogP contribution is -2.47. The lowest BCUT2D eigenvalue weighted by Gasteiger charge is -2.36. The standard InChI is InChI=1S/C41H45IN2O5/c1-3-28-23-32-38(41(47)44(40(32)46)31-16-18-43(19-17-31)24-26-10-6-4-7-11-26)33-25-49-35(37(28)33)15-14-30(29-12-8-5-9-13-29)20-27-21-34(42)39(45)36(22-27)48-2/h4-13,20-22,31-33,35,38,45H,3,14-19,23-25H2,1-2H3/b30-20-/t32-,33+,35-,38-/m1/s1. The second kappa shape index (κ2) is 14.8. The summed E-state index contributed by atoms with van der Waals surface area (Å²) in [7, 11) is 1.57. The minimum Gasteiger partial charge on any atom is -0.504 e. The van der Waals surface area contributed by atoms with Gasteiger partial charge in [-0.2, -0.15) is 0 Å². The van der Waals surface area contributed by atoms with E-state index < -0.39 is 0 Å². The van der Waals surface area contributed by atoms with Crippen molar-refractivity contribution in [3.8, 4) is 11.5 Å². The van der Waals surface area contributed by atoms with Gasteiger partial charge in [0.2, 0.25) is 11.8 Å². The highest BCUT2D eigenvalue weighted by molar-refractivity contribution is 14.1. The number of ether oxygens (including phenoxy) is 2. The number of likely N-dealkylation sites (tertiary alicyclic amines) is 2. The first-order chi connectivity index (χ1) is 23.9. The molecular weight excluding hydrogens is 727 g/mol. The Kier molecular flexibility index (Phi) is 10.3. The Labute approximate surface area is 303 Å². The number of imide groups is 1. The number of aromatic hydroxyl groups is 1. The third kappa shape index (κ3) is 6.84. The summed E-state index contributed by atoms with van der Waals surface area (Å²) in [6, 6.07) is 24.7. The Hall–Kier alpha value is -3.47. The Morgan fingerprint density at radius 1 is 1.00 bits per heavy atom. The van der Waals surface area contributed by atoms with E-state index in [0.29, 0.717) is 18.8 Å². The molecule has 4 atom stereocenters. The zero-order valence-electron chi connectivity index (χ0n) is 28.3. The molecule has 1 N–H and O–H groups in total. The molecule has 3 aliphatic heterocycles. The molecule has 0 radical (unpaired) electrons. The molecule has 7 rings (SSSR count). The van der Waals surface area contributed by atoms with E-state index in [0.717, 1.165) is 66.4 Å². The van der Waals surface area contributed by atoms with E-state index in [9.17, 15) is 14.7 Å². The quantitative estimate of drug-likeness (QED) is 0.0985. The van der Waals surface area contributed by atoms with E-state index in [1.807, 2.05) is 36.4 Å². The summed E-state index contributed by atoms with van der Waals surface area (Å²) in [4.78, 5) is 32.3. The van der Waals surface area contributed by atoms with Gasteiger partial charge >= 0.3 is 0 Å². The summed E-state index contributed by atoms with van der Waals surface area (Å²) in [5.41, 5.74) is 7.13. The van der Waals surface area contributed by atoms with Crippen LogP contribution in [-0.4, -0.2) is 65.7 Å². The molecule has 0 saturated carbocycles.